The molecule has 182 valence electrons. The predicted molar refractivity (Wildman–Crippen MR) is 113 cm³/mol. The van der Waals surface area contributed by atoms with Gasteiger partial charge in [0.25, 0.3) is 11.8 Å². The molecule has 1 aromatic carbocycles. The molecule has 0 radical (unpaired) electrons. The number of hydrogen-bond acceptors (Lipinski definition) is 5. The molecule has 0 saturated carbocycles. The van der Waals surface area contributed by atoms with Crippen molar-refractivity contribution in [2.24, 2.45) is 7.05 Å². The Labute approximate surface area is 193 Å². The van der Waals surface area contributed by atoms with Gasteiger partial charge in [-0.2, -0.15) is 18.3 Å². The van der Waals surface area contributed by atoms with E-state index in [9.17, 15) is 31.1 Å². The maximum absolute atomic E-state index is 15.0. The molecule has 0 fully saturated rings. The van der Waals surface area contributed by atoms with Gasteiger partial charge in [-0.15, -0.1) is 0 Å². The number of fused-ring (bicyclic) bond motifs is 4. The van der Waals surface area contributed by atoms with Crippen molar-refractivity contribution in [3.05, 3.63) is 58.8 Å². The van der Waals surface area contributed by atoms with Gasteiger partial charge in [0.05, 0.1) is 40.3 Å². The first-order valence-corrected chi connectivity index (χ1v) is 10.2. The molecule has 2 N–H and O–H groups in total. The molecule has 1 aliphatic rings. The van der Waals surface area contributed by atoms with Crippen LogP contribution in [0, 0.1) is 5.82 Å². The first-order valence-electron chi connectivity index (χ1n) is 10.2. The van der Waals surface area contributed by atoms with Crippen LogP contribution in [-0.2, 0) is 19.6 Å². The second kappa shape index (κ2) is 7.30. The maximum atomic E-state index is 15.0. The number of amides is 1. The zero-order chi connectivity index (χ0) is 25.4. The average Bonchev–Trinajstić information content (AvgIpc) is 3.27. The van der Waals surface area contributed by atoms with E-state index in [-0.39, 0.29) is 16.9 Å². The van der Waals surface area contributed by atoms with Crippen molar-refractivity contribution >= 4 is 33.5 Å². The van der Waals surface area contributed by atoms with Crippen molar-refractivity contribution in [2.45, 2.75) is 24.6 Å². The van der Waals surface area contributed by atoms with Gasteiger partial charge in [-0.3, -0.25) is 9.48 Å². The van der Waals surface area contributed by atoms with Crippen LogP contribution in [0.3, 0.4) is 0 Å². The minimum Gasteiger partial charge on any atom is -0.383 e. The molecule has 0 spiro atoms. The molecule has 1 atom stereocenters. The van der Waals surface area contributed by atoms with Crippen molar-refractivity contribution in [3.63, 3.8) is 0 Å². The maximum Gasteiger partial charge on any atom is 0.433 e. The molecule has 1 amide bonds. The number of halogens is 6. The standard InChI is InChI=1S/C22H16F6N6O/c1-33(18-9-3-4-16(22(26,27)28)31-15(9)7-21(18,24)25)20(35)10-5-11-14(6-13(10)23)32-19(29)12-8-30-34(2)17(11)12/h3-6,8,18H,7H2,1-2H3,(H2,29,32)/t18-/m0/s1. The second-order valence-electron chi connectivity index (χ2n) is 8.36. The smallest absolute Gasteiger partial charge is 0.383 e. The van der Waals surface area contributed by atoms with E-state index in [2.05, 4.69) is 15.1 Å². The summed E-state index contributed by atoms with van der Waals surface area (Å²) < 4.78 is 85.3. The number of anilines is 1. The minimum absolute atomic E-state index is 0.101. The topological polar surface area (TPSA) is 89.9 Å². The van der Waals surface area contributed by atoms with Crippen molar-refractivity contribution in [3.8, 4) is 0 Å². The summed E-state index contributed by atoms with van der Waals surface area (Å²) in [6.45, 7) is 0. The number of carbonyl (C=O) groups excluding carboxylic acids is 1. The van der Waals surface area contributed by atoms with Crippen LogP contribution in [0.15, 0.2) is 30.5 Å². The van der Waals surface area contributed by atoms with Gasteiger partial charge in [0.2, 0.25) is 0 Å². The fraction of sp³-hybridized carbons (Fsp3) is 0.273. The van der Waals surface area contributed by atoms with Gasteiger partial charge < -0.3 is 10.6 Å². The molecule has 7 nitrogen and oxygen atoms in total. The Balaban J connectivity index is 1.60. The number of rotatable bonds is 2. The van der Waals surface area contributed by atoms with Crippen LogP contribution in [0.4, 0.5) is 32.2 Å². The van der Waals surface area contributed by atoms with Crippen molar-refractivity contribution in [1.82, 2.24) is 24.6 Å². The third kappa shape index (κ3) is 3.44. The molecule has 0 unspecified atom stereocenters. The summed E-state index contributed by atoms with van der Waals surface area (Å²) in [5.74, 6) is -5.63. The summed E-state index contributed by atoms with van der Waals surface area (Å²) in [5, 5.41) is 4.87. The number of aromatic nitrogens is 4. The number of carbonyl (C=O) groups is 1. The summed E-state index contributed by atoms with van der Waals surface area (Å²) in [4.78, 5) is 21.3. The lowest BCUT2D eigenvalue weighted by molar-refractivity contribution is -0.141. The minimum atomic E-state index is -4.81. The Bertz CT molecular complexity index is 1530. The van der Waals surface area contributed by atoms with E-state index in [1.54, 1.807) is 7.05 Å². The summed E-state index contributed by atoms with van der Waals surface area (Å²) in [6, 6.07) is 1.67. The third-order valence-corrected chi connectivity index (χ3v) is 6.13. The number of aryl methyl sites for hydroxylation is 1. The summed E-state index contributed by atoms with van der Waals surface area (Å²) in [5.41, 5.74) is 3.98. The van der Waals surface area contributed by atoms with Gasteiger partial charge in [0.1, 0.15) is 23.4 Å². The number of alkyl halides is 5. The van der Waals surface area contributed by atoms with E-state index in [4.69, 9.17) is 5.73 Å². The van der Waals surface area contributed by atoms with E-state index < -0.39 is 53.2 Å². The SMILES string of the molecule is CN(C(=O)c1cc2c(cc1F)nc(N)c1cnn(C)c12)[C@H]1c2ccc(C(F)(F)F)nc2CC1(F)F. The van der Waals surface area contributed by atoms with Crippen LogP contribution in [0.25, 0.3) is 21.8 Å². The Hall–Kier alpha value is -3.90. The monoisotopic (exact) mass is 494 g/mol. The highest BCUT2D eigenvalue weighted by atomic mass is 19.4. The van der Waals surface area contributed by atoms with E-state index in [0.717, 1.165) is 19.2 Å². The lowest BCUT2D eigenvalue weighted by atomic mass is 10.0. The Kier molecular flexibility index (Phi) is 4.77. The molecule has 0 bridgehead atoms. The van der Waals surface area contributed by atoms with Gasteiger partial charge in [0.15, 0.2) is 0 Å². The van der Waals surface area contributed by atoms with Gasteiger partial charge >= 0.3 is 6.18 Å². The van der Waals surface area contributed by atoms with Crippen LogP contribution in [0.5, 0.6) is 0 Å². The number of pyridine rings is 2. The fourth-order valence-electron chi connectivity index (χ4n) is 4.55. The van der Waals surface area contributed by atoms with Crippen molar-refractivity contribution in [1.29, 1.82) is 0 Å². The highest BCUT2D eigenvalue weighted by Crippen LogP contribution is 2.47. The van der Waals surface area contributed by atoms with Crippen LogP contribution >= 0.6 is 0 Å². The first-order chi connectivity index (χ1) is 16.3. The van der Waals surface area contributed by atoms with E-state index in [1.165, 1.54) is 16.9 Å². The number of nitrogens with zero attached hydrogens (tertiary/aromatic N) is 5. The molecule has 1 aliphatic carbocycles. The average molecular weight is 494 g/mol. The molecule has 35 heavy (non-hydrogen) atoms. The molecule has 4 aromatic rings. The Morgan fingerprint density at radius 2 is 1.91 bits per heavy atom. The summed E-state index contributed by atoms with van der Waals surface area (Å²) in [7, 11) is 2.65. The van der Waals surface area contributed by atoms with E-state index in [0.29, 0.717) is 27.3 Å². The number of nitrogens with two attached hydrogens (primary N) is 1. The van der Waals surface area contributed by atoms with Gasteiger partial charge in [-0.05, 0) is 12.1 Å². The molecule has 5 rings (SSSR count). The Morgan fingerprint density at radius 3 is 2.60 bits per heavy atom. The number of benzene rings is 1. The van der Waals surface area contributed by atoms with Gasteiger partial charge in [-0.25, -0.2) is 23.1 Å². The lowest BCUT2D eigenvalue weighted by Crippen LogP contribution is -2.39. The van der Waals surface area contributed by atoms with Crippen LogP contribution in [0.1, 0.15) is 33.4 Å². The Morgan fingerprint density at radius 1 is 1.20 bits per heavy atom. The second-order valence-corrected chi connectivity index (χ2v) is 8.36. The zero-order valence-electron chi connectivity index (χ0n) is 18.2. The third-order valence-electron chi connectivity index (χ3n) is 6.13. The largest absolute Gasteiger partial charge is 0.433 e. The molecular formula is C22H16F6N6O. The van der Waals surface area contributed by atoms with Crippen LogP contribution in [0.2, 0.25) is 0 Å². The number of hydrogen-bond donors (Lipinski definition) is 1. The predicted octanol–water partition coefficient (Wildman–Crippen LogP) is 4.26. The highest BCUT2D eigenvalue weighted by molar-refractivity contribution is 6.10. The first kappa shape index (κ1) is 22.9. The zero-order valence-corrected chi connectivity index (χ0v) is 18.2. The van der Waals surface area contributed by atoms with Crippen molar-refractivity contribution in [2.75, 3.05) is 12.8 Å². The molecule has 0 aliphatic heterocycles. The summed E-state index contributed by atoms with van der Waals surface area (Å²) >= 11 is 0. The normalized spacial score (nSPS) is 17.2. The highest BCUT2D eigenvalue weighted by Gasteiger charge is 2.52. The summed E-state index contributed by atoms with van der Waals surface area (Å²) in [6.07, 6.45) is -4.45. The quantitative estimate of drug-likeness (QED) is 0.421. The lowest BCUT2D eigenvalue weighted by Gasteiger charge is -2.30. The molecular weight excluding hydrogens is 478 g/mol. The number of nitrogen functional groups attached to an aromatic ring is 1. The van der Waals surface area contributed by atoms with Crippen LogP contribution in [-0.4, -0.2) is 43.5 Å². The van der Waals surface area contributed by atoms with Crippen molar-refractivity contribution < 1.29 is 31.1 Å². The van der Waals surface area contributed by atoms with E-state index in [1.807, 2.05) is 0 Å². The van der Waals surface area contributed by atoms with Gasteiger partial charge in [0, 0.05) is 31.1 Å². The molecule has 13 heteroatoms. The fourth-order valence-corrected chi connectivity index (χ4v) is 4.55. The molecule has 3 heterocycles. The van der Waals surface area contributed by atoms with Crippen LogP contribution < -0.4 is 5.73 Å². The molecule has 3 aromatic heterocycles. The molecule has 0 saturated heterocycles. The van der Waals surface area contributed by atoms with Gasteiger partial charge in [-0.1, -0.05) is 6.07 Å². The van der Waals surface area contributed by atoms with E-state index >= 15 is 0 Å².